The molecular weight excluding hydrogens is 1020 g/mol. The minimum Gasteiger partial charge on any atom is -0.466 e. The number of aliphatic hydroxyl groups is 2. The van der Waals surface area contributed by atoms with E-state index in [1.807, 2.05) is 6.08 Å². The topological polar surface area (TPSA) is 95.9 Å². The quantitative estimate of drug-likeness (QED) is 0.0320. The second kappa shape index (κ2) is 73.1. The Kier molecular flexibility index (Phi) is 71.8. The van der Waals surface area contributed by atoms with Crippen molar-refractivity contribution in [2.75, 3.05) is 13.2 Å². The lowest BCUT2D eigenvalue weighted by atomic mass is 10.0. The van der Waals surface area contributed by atoms with Crippen LogP contribution in [0.15, 0.2) is 12.2 Å². The molecule has 6 nitrogen and oxygen atoms in total. The average Bonchev–Trinajstić information content (AvgIpc) is 3.49. The standard InChI is InChI=1S/C77H151NO5/c1-3-5-7-9-11-13-15-17-19-21-22-23-24-25-28-31-34-38-41-45-49-53-57-61-65-69-75(80)74(73-79)78-76(81)70-66-62-58-54-50-46-42-39-35-32-29-26-27-30-33-36-40-44-48-52-56-60-64-68-72-83-77(82)71-67-63-59-55-51-47-43-37-20-18-16-14-12-10-8-6-4-2/h65,69,74-75,79-80H,3-64,66-68,70-73H2,1-2H3,(H,78,81)/b69-65+. The lowest BCUT2D eigenvalue weighted by Crippen LogP contribution is -2.45. The summed E-state index contributed by atoms with van der Waals surface area (Å²) in [5.74, 6) is -0.0406. The number of esters is 1. The molecule has 0 aromatic heterocycles. The Labute approximate surface area is 520 Å². The van der Waals surface area contributed by atoms with Gasteiger partial charge in [0.2, 0.25) is 5.91 Å². The highest BCUT2D eigenvalue weighted by atomic mass is 16.5. The molecule has 494 valence electrons. The fourth-order valence-electron chi connectivity index (χ4n) is 12.5. The van der Waals surface area contributed by atoms with Crippen molar-refractivity contribution in [1.29, 1.82) is 0 Å². The van der Waals surface area contributed by atoms with Crippen LogP contribution in [-0.2, 0) is 14.3 Å². The summed E-state index contributed by atoms with van der Waals surface area (Å²) in [7, 11) is 0. The number of hydrogen-bond acceptors (Lipinski definition) is 5. The molecule has 0 radical (unpaired) electrons. The van der Waals surface area contributed by atoms with Crippen LogP contribution in [0.1, 0.15) is 444 Å². The summed E-state index contributed by atoms with van der Waals surface area (Å²) in [6.45, 7) is 4.96. The Hall–Kier alpha value is -1.40. The molecule has 0 bridgehead atoms. The third kappa shape index (κ3) is 69.6. The maximum absolute atomic E-state index is 12.6. The lowest BCUT2D eigenvalue weighted by Gasteiger charge is -2.20. The molecule has 0 aliphatic rings. The number of unbranched alkanes of at least 4 members (excludes halogenated alkanes) is 62. The van der Waals surface area contributed by atoms with E-state index in [0.29, 0.717) is 19.4 Å². The summed E-state index contributed by atoms with van der Waals surface area (Å²) in [6.07, 6.45) is 91.7. The monoisotopic (exact) mass is 1170 g/mol. The smallest absolute Gasteiger partial charge is 0.305 e. The fraction of sp³-hybridized carbons (Fsp3) is 0.948. The van der Waals surface area contributed by atoms with E-state index in [1.54, 1.807) is 6.08 Å². The molecule has 2 unspecified atom stereocenters. The summed E-state index contributed by atoms with van der Waals surface area (Å²) in [5, 5.41) is 23.3. The Morgan fingerprint density at radius 2 is 0.554 bits per heavy atom. The predicted octanol–water partition coefficient (Wildman–Crippen LogP) is 25.1. The highest BCUT2D eigenvalue weighted by molar-refractivity contribution is 5.76. The van der Waals surface area contributed by atoms with Gasteiger partial charge in [-0.1, -0.05) is 411 Å². The van der Waals surface area contributed by atoms with E-state index >= 15 is 0 Å². The number of amides is 1. The van der Waals surface area contributed by atoms with Crippen LogP contribution < -0.4 is 5.32 Å². The number of carbonyl (C=O) groups excluding carboxylic acids is 2. The molecule has 0 aliphatic heterocycles. The first-order chi connectivity index (χ1) is 41.0. The van der Waals surface area contributed by atoms with Gasteiger partial charge in [-0.3, -0.25) is 9.59 Å². The predicted molar refractivity (Wildman–Crippen MR) is 366 cm³/mol. The number of aliphatic hydroxyl groups excluding tert-OH is 2. The average molecular weight is 1170 g/mol. The van der Waals surface area contributed by atoms with Gasteiger partial charge in [-0.25, -0.2) is 0 Å². The van der Waals surface area contributed by atoms with Crippen LogP contribution in [0.3, 0.4) is 0 Å². The maximum Gasteiger partial charge on any atom is 0.305 e. The number of allylic oxidation sites excluding steroid dienone is 1. The number of nitrogens with one attached hydrogen (secondary N) is 1. The van der Waals surface area contributed by atoms with E-state index in [1.165, 1.54) is 379 Å². The van der Waals surface area contributed by atoms with Gasteiger partial charge in [0.1, 0.15) is 0 Å². The van der Waals surface area contributed by atoms with Gasteiger partial charge in [0.25, 0.3) is 0 Å². The summed E-state index contributed by atoms with van der Waals surface area (Å²) in [6, 6.07) is -0.628. The van der Waals surface area contributed by atoms with Gasteiger partial charge in [0, 0.05) is 12.8 Å². The van der Waals surface area contributed by atoms with Gasteiger partial charge in [-0.2, -0.15) is 0 Å². The molecule has 0 fully saturated rings. The number of rotatable bonds is 73. The fourth-order valence-corrected chi connectivity index (χ4v) is 12.5. The second-order valence-electron chi connectivity index (χ2n) is 26.7. The molecule has 83 heavy (non-hydrogen) atoms. The van der Waals surface area contributed by atoms with Crippen molar-refractivity contribution in [3.05, 3.63) is 12.2 Å². The molecule has 0 aromatic rings. The SMILES string of the molecule is CCCCCCCCCCCCCCCCCCCCCCCCC/C=C/C(O)C(CO)NC(=O)CCCCCCCCCCCCCCCCCCCCCCCCCCOC(=O)CCCCCCCCCCCCCCCCCCC. The summed E-state index contributed by atoms with van der Waals surface area (Å²) >= 11 is 0. The summed E-state index contributed by atoms with van der Waals surface area (Å²) in [4.78, 5) is 24.7. The van der Waals surface area contributed by atoms with Crippen molar-refractivity contribution in [3.63, 3.8) is 0 Å². The second-order valence-corrected chi connectivity index (χ2v) is 26.7. The zero-order chi connectivity index (χ0) is 59.9. The maximum atomic E-state index is 12.6. The van der Waals surface area contributed by atoms with Crippen LogP contribution in [0.25, 0.3) is 0 Å². The largest absolute Gasteiger partial charge is 0.466 e. The third-order valence-corrected chi connectivity index (χ3v) is 18.3. The van der Waals surface area contributed by atoms with E-state index in [2.05, 4.69) is 19.2 Å². The Morgan fingerprint density at radius 1 is 0.325 bits per heavy atom. The molecule has 6 heteroatoms. The molecule has 0 saturated heterocycles. The van der Waals surface area contributed by atoms with Crippen molar-refractivity contribution in [2.45, 2.75) is 456 Å². The first-order valence-corrected chi connectivity index (χ1v) is 38.5. The minimum atomic E-state index is -0.845. The summed E-state index contributed by atoms with van der Waals surface area (Å²) in [5.41, 5.74) is 0. The minimum absolute atomic E-state index is 0.0204. The Morgan fingerprint density at radius 3 is 0.819 bits per heavy atom. The van der Waals surface area contributed by atoms with Crippen LogP contribution in [0.4, 0.5) is 0 Å². The van der Waals surface area contributed by atoms with Crippen LogP contribution in [-0.4, -0.2) is 47.4 Å². The van der Waals surface area contributed by atoms with E-state index < -0.39 is 12.1 Å². The first kappa shape index (κ1) is 81.6. The van der Waals surface area contributed by atoms with Gasteiger partial charge in [0.15, 0.2) is 0 Å². The lowest BCUT2D eigenvalue weighted by molar-refractivity contribution is -0.143. The van der Waals surface area contributed by atoms with Crippen molar-refractivity contribution in [3.8, 4) is 0 Å². The third-order valence-electron chi connectivity index (χ3n) is 18.3. The normalized spacial score (nSPS) is 12.5. The zero-order valence-electron chi connectivity index (χ0n) is 56.7. The van der Waals surface area contributed by atoms with E-state index in [4.69, 9.17) is 4.74 Å². The van der Waals surface area contributed by atoms with Crippen LogP contribution in [0.2, 0.25) is 0 Å². The van der Waals surface area contributed by atoms with Gasteiger partial charge in [-0.05, 0) is 32.1 Å². The van der Waals surface area contributed by atoms with E-state index in [0.717, 1.165) is 38.5 Å². The number of carbonyl (C=O) groups is 2. The Balaban J connectivity index is 3.38. The van der Waals surface area contributed by atoms with Crippen molar-refractivity contribution in [2.24, 2.45) is 0 Å². The molecular formula is C77H151NO5. The molecule has 2 atom stereocenters. The van der Waals surface area contributed by atoms with E-state index in [9.17, 15) is 19.8 Å². The molecule has 0 rings (SSSR count). The van der Waals surface area contributed by atoms with Crippen molar-refractivity contribution >= 4 is 11.9 Å². The molecule has 0 heterocycles. The van der Waals surface area contributed by atoms with Gasteiger partial charge in [0.05, 0.1) is 25.4 Å². The van der Waals surface area contributed by atoms with Gasteiger partial charge < -0.3 is 20.3 Å². The first-order valence-electron chi connectivity index (χ1n) is 38.5. The highest BCUT2D eigenvalue weighted by Crippen LogP contribution is 2.20. The Bertz CT molecular complexity index is 1260. The molecule has 1 amide bonds. The number of ether oxygens (including phenoxy) is 1. The molecule has 3 N–H and O–H groups in total. The van der Waals surface area contributed by atoms with Crippen molar-refractivity contribution < 1.29 is 24.5 Å². The van der Waals surface area contributed by atoms with Gasteiger partial charge in [-0.15, -0.1) is 0 Å². The van der Waals surface area contributed by atoms with Gasteiger partial charge >= 0.3 is 5.97 Å². The van der Waals surface area contributed by atoms with Crippen LogP contribution >= 0.6 is 0 Å². The molecule has 0 aliphatic carbocycles. The number of hydrogen-bond donors (Lipinski definition) is 3. The van der Waals surface area contributed by atoms with Crippen LogP contribution in [0.5, 0.6) is 0 Å². The molecule has 0 spiro atoms. The van der Waals surface area contributed by atoms with E-state index in [-0.39, 0.29) is 18.5 Å². The zero-order valence-corrected chi connectivity index (χ0v) is 56.7. The molecule has 0 saturated carbocycles. The summed E-state index contributed by atoms with van der Waals surface area (Å²) < 4.78 is 5.51. The molecule has 0 aromatic carbocycles. The van der Waals surface area contributed by atoms with Crippen LogP contribution in [0, 0.1) is 0 Å². The van der Waals surface area contributed by atoms with Crippen molar-refractivity contribution in [1.82, 2.24) is 5.32 Å². The highest BCUT2D eigenvalue weighted by Gasteiger charge is 2.18.